The van der Waals surface area contributed by atoms with Crippen molar-refractivity contribution in [2.45, 2.75) is 39.5 Å². The zero-order chi connectivity index (χ0) is 16.3. The van der Waals surface area contributed by atoms with Gasteiger partial charge in [-0.2, -0.15) is 0 Å². The molecule has 1 saturated heterocycles. The van der Waals surface area contributed by atoms with E-state index in [9.17, 15) is 14.7 Å². The maximum Gasteiger partial charge on any atom is 0.410 e. The van der Waals surface area contributed by atoms with Crippen LogP contribution in [-0.4, -0.2) is 40.6 Å². The van der Waals surface area contributed by atoms with Crippen LogP contribution in [0.25, 0.3) is 0 Å². The van der Waals surface area contributed by atoms with E-state index in [4.69, 9.17) is 4.74 Å². The van der Waals surface area contributed by atoms with E-state index in [1.54, 1.807) is 6.92 Å². The highest BCUT2D eigenvalue weighted by molar-refractivity contribution is 5.91. The van der Waals surface area contributed by atoms with E-state index < -0.39 is 24.2 Å². The molecule has 1 N–H and O–H groups in total. The number of Topliss-reactive ketones (excluding diaryl/α,β-unsaturated/α-hetero) is 1. The molecule has 0 aromatic heterocycles. The first kappa shape index (κ1) is 16.5. The maximum atomic E-state index is 12.4. The van der Waals surface area contributed by atoms with E-state index in [0.717, 1.165) is 5.56 Å². The smallest absolute Gasteiger partial charge is 0.410 e. The Morgan fingerprint density at radius 2 is 2.00 bits per heavy atom. The van der Waals surface area contributed by atoms with Crippen LogP contribution in [0.2, 0.25) is 0 Å². The molecule has 1 heterocycles. The molecule has 1 aliphatic rings. The number of piperidine rings is 1. The normalized spacial score (nSPS) is 25.4. The van der Waals surface area contributed by atoms with Crippen molar-refractivity contribution in [3.05, 3.63) is 35.9 Å². The summed E-state index contributed by atoms with van der Waals surface area (Å²) in [7, 11) is 0. The number of hydrogen-bond acceptors (Lipinski definition) is 4. The molecule has 1 fully saturated rings. The first-order valence-electron chi connectivity index (χ1n) is 7.61. The third-order valence-corrected chi connectivity index (χ3v) is 4.11. The van der Waals surface area contributed by atoms with Crippen LogP contribution in [0, 0.1) is 11.8 Å². The summed E-state index contributed by atoms with van der Waals surface area (Å²) < 4.78 is 5.30. The molecule has 22 heavy (non-hydrogen) atoms. The minimum Gasteiger partial charge on any atom is -0.445 e. The Morgan fingerprint density at radius 3 is 2.59 bits per heavy atom. The molecule has 120 valence electrons. The maximum absolute atomic E-state index is 12.4. The van der Waals surface area contributed by atoms with Crippen LogP contribution in [-0.2, 0) is 16.1 Å². The standard InChI is InChI=1S/C17H23NO4/c1-11(2)15-16(20)12(3)14(19)9-18(15)17(21)22-10-13-7-5-4-6-8-13/h4-8,11-12,14-15,19H,9-10H2,1-3H3/t12?,14?,15-/m0/s1. The van der Waals surface area contributed by atoms with Crippen LogP contribution >= 0.6 is 0 Å². The van der Waals surface area contributed by atoms with Gasteiger partial charge in [-0.05, 0) is 11.5 Å². The number of carbonyl (C=O) groups excluding carboxylic acids is 2. The summed E-state index contributed by atoms with van der Waals surface area (Å²) in [6.07, 6.45) is -1.39. The molecule has 5 nitrogen and oxygen atoms in total. The van der Waals surface area contributed by atoms with Crippen molar-refractivity contribution >= 4 is 11.9 Å². The number of carbonyl (C=O) groups is 2. The van der Waals surface area contributed by atoms with E-state index >= 15 is 0 Å². The number of ether oxygens (including phenoxy) is 1. The van der Waals surface area contributed by atoms with Crippen LogP contribution in [0.15, 0.2) is 30.3 Å². The number of aliphatic hydroxyl groups excluding tert-OH is 1. The molecule has 5 heteroatoms. The third-order valence-electron chi connectivity index (χ3n) is 4.11. The van der Waals surface area contributed by atoms with Gasteiger partial charge in [-0.25, -0.2) is 4.79 Å². The van der Waals surface area contributed by atoms with E-state index in [1.807, 2.05) is 44.2 Å². The van der Waals surface area contributed by atoms with Gasteiger partial charge in [0.25, 0.3) is 0 Å². The number of amides is 1. The Hall–Kier alpha value is -1.88. The number of ketones is 1. The molecular weight excluding hydrogens is 282 g/mol. The summed E-state index contributed by atoms with van der Waals surface area (Å²) in [4.78, 5) is 26.0. The van der Waals surface area contributed by atoms with Crippen LogP contribution in [0.4, 0.5) is 4.79 Å². The Morgan fingerprint density at radius 1 is 1.36 bits per heavy atom. The van der Waals surface area contributed by atoms with Crippen LogP contribution in [0.5, 0.6) is 0 Å². The lowest BCUT2D eigenvalue weighted by Gasteiger charge is -2.41. The van der Waals surface area contributed by atoms with Crippen LogP contribution in [0.3, 0.4) is 0 Å². The Kier molecular flexibility index (Phi) is 5.19. The molecular formula is C17H23NO4. The van der Waals surface area contributed by atoms with Crippen molar-refractivity contribution in [2.24, 2.45) is 11.8 Å². The van der Waals surface area contributed by atoms with Gasteiger partial charge in [-0.15, -0.1) is 0 Å². The van der Waals surface area contributed by atoms with E-state index in [1.165, 1.54) is 4.90 Å². The minimum atomic E-state index is -0.841. The summed E-state index contributed by atoms with van der Waals surface area (Å²) >= 11 is 0. The van der Waals surface area contributed by atoms with Gasteiger partial charge < -0.3 is 9.84 Å². The Bertz CT molecular complexity index is 529. The van der Waals surface area contributed by atoms with Gasteiger partial charge in [0.05, 0.1) is 18.7 Å². The number of β-amino-alcohol motifs (C(OH)–C–C–N with tert-alkyl or cyclic N) is 1. The van der Waals surface area contributed by atoms with Crippen LogP contribution < -0.4 is 0 Å². The molecule has 0 radical (unpaired) electrons. The fraction of sp³-hybridized carbons (Fsp3) is 0.529. The lowest BCUT2D eigenvalue weighted by molar-refractivity contribution is -0.139. The summed E-state index contributed by atoms with van der Waals surface area (Å²) in [5.41, 5.74) is 0.884. The van der Waals surface area contributed by atoms with Gasteiger partial charge in [0.15, 0.2) is 5.78 Å². The van der Waals surface area contributed by atoms with Crippen LogP contribution in [0.1, 0.15) is 26.3 Å². The van der Waals surface area contributed by atoms with E-state index in [-0.39, 0.29) is 24.9 Å². The molecule has 2 unspecified atom stereocenters. The summed E-state index contributed by atoms with van der Waals surface area (Å²) in [6.45, 7) is 5.77. The van der Waals surface area contributed by atoms with E-state index in [2.05, 4.69) is 0 Å². The summed E-state index contributed by atoms with van der Waals surface area (Å²) in [5, 5.41) is 9.98. The quantitative estimate of drug-likeness (QED) is 0.930. The minimum absolute atomic E-state index is 0.0216. The van der Waals surface area contributed by atoms with Crippen molar-refractivity contribution < 1.29 is 19.4 Å². The first-order valence-corrected chi connectivity index (χ1v) is 7.61. The molecule has 0 bridgehead atoms. The molecule has 1 amide bonds. The van der Waals surface area contributed by atoms with Gasteiger partial charge in [0.2, 0.25) is 0 Å². The van der Waals surface area contributed by atoms with Crippen molar-refractivity contribution in [3.8, 4) is 0 Å². The topological polar surface area (TPSA) is 66.8 Å². The van der Waals surface area contributed by atoms with E-state index in [0.29, 0.717) is 0 Å². The predicted molar refractivity (Wildman–Crippen MR) is 82.1 cm³/mol. The molecule has 0 saturated carbocycles. The van der Waals surface area contributed by atoms with Gasteiger partial charge in [-0.3, -0.25) is 9.69 Å². The van der Waals surface area contributed by atoms with Crippen molar-refractivity contribution in [3.63, 3.8) is 0 Å². The number of likely N-dealkylation sites (tertiary alicyclic amines) is 1. The van der Waals surface area contributed by atoms with Gasteiger partial charge in [0.1, 0.15) is 6.61 Å². The number of nitrogens with zero attached hydrogens (tertiary/aromatic N) is 1. The van der Waals surface area contributed by atoms with Crippen molar-refractivity contribution in [2.75, 3.05) is 6.54 Å². The first-order chi connectivity index (χ1) is 10.4. The number of aliphatic hydroxyl groups is 1. The number of hydrogen-bond donors (Lipinski definition) is 1. The zero-order valence-corrected chi connectivity index (χ0v) is 13.2. The number of benzene rings is 1. The number of rotatable bonds is 3. The Balaban J connectivity index is 2.07. The predicted octanol–water partition coefficient (Wildman–Crippen LogP) is 2.23. The lowest BCUT2D eigenvalue weighted by atomic mass is 9.84. The highest BCUT2D eigenvalue weighted by atomic mass is 16.6. The fourth-order valence-corrected chi connectivity index (χ4v) is 2.76. The largest absolute Gasteiger partial charge is 0.445 e. The fourth-order valence-electron chi connectivity index (χ4n) is 2.76. The second kappa shape index (κ2) is 6.92. The second-order valence-corrected chi connectivity index (χ2v) is 6.14. The highest BCUT2D eigenvalue weighted by Crippen LogP contribution is 2.25. The zero-order valence-electron chi connectivity index (χ0n) is 13.2. The van der Waals surface area contributed by atoms with Gasteiger partial charge in [-0.1, -0.05) is 51.1 Å². The second-order valence-electron chi connectivity index (χ2n) is 6.14. The van der Waals surface area contributed by atoms with Gasteiger partial charge in [0, 0.05) is 5.92 Å². The molecule has 0 aliphatic carbocycles. The molecule has 1 aromatic rings. The summed E-state index contributed by atoms with van der Waals surface area (Å²) in [5.74, 6) is -0.581. The molecule has 1 aliphatic heterocycles. The summed E-state index contributed by atoms with van der Waals surface area (Å²) in [6, 6.07) is 8.82. The average molecular weight is 305 g/mol. The molecule has 2 rings (SSSR count). The van der Waals surface area contributed by atoms with Crippen molar-refractivity contribution in [1.82, 2.24) is 4.90 Å². The SMILES string of the molecule is CC1C(=O)[C@H](C(C)C)N(C(=O)OCc2ccccc2)CC1O. The monoisotopic (exact) mass is 305 g/mol. The average Bonchev–Trinajstić information content (AvgIpc) is 2.50. The van der Waals surface area contributed by atoms with Crippen molar-refractivity contribution in [1.29, 1.82) is 0 Å². The highest BCUT2D eigenvalue weighted by Gasteiger charge is 2.43. The molecule has 0 spiro atoms. The molecule has 1 aromatic carbocycles. The third kappa shape index (κ3) is 3.47. The lowest BCUT2D eigenvalue weighted by Crippen LogP contribution is -2.59. The Labute approximate surface area is 130 Å². The molecule has 3 atom stereocenters. The van der Waals surface area contributed by atoms with Gasteiger partial charge >= 0.3 is 6.09 Å².